The number of methoxy groups -OCH3 is 2. The average molecular weight is 294 g/mol. The Balaban J connectivity index is 2.29. The third kappa shape index (κ3) is 3.35. The van der Waals surface area contributed by atoms with Gasteiger partial charge in [0.2, 0.25) is 11.8 Å². The number of aromatic carboxylic acids is 1. The third-order valence-electron chi connectivity index (χ3n) is 2.46. The Bertz CT molecular complexity index is 655. The first-order valence-corrected chi connectivity index (χ1v) is 5.71. The predicted molar refractivity (Wildman–Crippen MR) is 68.6 cm³/mol. The minimum Gasteiger partial charge on any atom is -0.481 e. The predicted octanol–water partition coefficient (Wildman–Crippen LogP) is 2.12. The van der Waals surface area contributed by atoms with Crippen molar-refractivity contribution in [3.8, 4) is 23.5 Å². The van der Waals surface area contributed by atoms with E-state index < -0.39 is 17.3 Å². The van der Waals surface area contributed by atoms with Crippen molar-refractivity contribution >= 4 is 5.97 Å². The zero-order chi connectivity index (χ0) is 15.4. The highest BCUT2D eigenvalue weighted by atomic mass is 19.1. The van der Waals surface area contributed by atoms with E-state index in [4.69, 9.17) is 19.3 Å². The van der Waals surface area contributed by atoms with E-state index in [1.54, 1.807) is 0 Å². The maximum Gasteiger partial charge on any atom is 0.338 e. The summed E-state index contributed by atoms with van der Waals surface area (Å²) in [5.74, 6) is -1.82. The Kier molecular flexibility index (Phi) is 4.17. The lowest BCUT2D eigenvalue weighted by atomic mass is 10.2. The summed E-state index contributed by atoms with van der Waals surface area (Å²) >= 11 is 0. The Hall–Kier alpha value is -2.90. The molecule has 2 rings (SSSR count). The fraction of sp³-hybridized carbons (Fsp3) is 0.154. The van der Waals surface area contributed by atoms with Crippen LogP contribution in [-0.2, 0) is 0 Å². The van der Waals surface area contributed by atoms with Gasteiger partial charge >= 0.3 is 12.0 Å². The molecular weight excluding hydrogens is 283 g/mol. The summed E-state index contributed by atoms with van der Waals surface area (Å²) < 4.78 is 28.7. The van der Waals surface area contributed by atoms with Crippen LogP contribution in [0.1, 0.15) is 10.4 Å². The van der Waals surface area contributed by atoms with Gasteiger partial charge in [0.25, 0.3) is 0 Å². The number of rotatable bonds is 5. The smallest absolute Gasteiger partial charge is 0.338 e. The number of aromatic nitrogens is 2. The second-order valence-corrected chi connectivity index (χ2v) is 3.78. The van der Waals surface area contributed by atoms with Crippen molar-refractivity contribution in [1.29, 1.82) is 0 Å². The fourth-order valence-corrected chi connectivity index (χ4v) is 1.48. The van der Waals surface area contributed by atoms with Gasteiger partial charge in [-0.3, -0.25) is 0 Å². The summed E-state index contributed by atoms with van der Waals surface area (Å²) in [5, 5.41) is 8.74. The van der Waals surface area contributed by atoms with Crippen LogP contribution in [-0.4, -0.2) is 35.3 Å². The number of hydrogen-bond acceptors (Lipinski definition) is 6. The van der Waals surface area contributed by atoms with E-state index in [9.17, 15) is 9.18 Å². The molecule has 0 unspecified atom stereocenters. The Labute approximate surface area is 118 Å². The highest BCUT2D eigenvalue weighted by molar-refractivity contribution is 5.88. The molecule has 0 radical (unpaired) electrons. The lowest BCUT2D eigenvalue weighted by Crippen LogP contribution is -2.01. The van der Waals surface area contributed by atoms with Crippen molar-refractivity contribution in [3.63, 3.8) is 0 Å². The summed E-state index contributed by atoms with van der Waals surface area (Å²) in [5.41, 5.74) is -0.452. The summed E-state index contributed by atoms with van der Waals surface area (Å²) in [6.07, 6.45) is 0. The first-order chi connectivity index (χ1) is 10.0. The second-order valence-electron chi connectivity index (χ2n) is 3.78. The van der Waals surface area contributed by atoms with E-state index >= 15 is 0 Å². The highest BCUT2D eigenvalue weighted by Gasteiger charge is 2.13. The minimum atomic E-state index is -1.36. The quantitative estimate of drug-likeness (QED) is 0.903. The van der Waals surface area contributed by atoms with Gasteiger partial charge in [-0.15, -0.1) is 0 Å². The molecular formula is C13H11FN2O5. The van der Waals surface area contributed by atoms with Gasteiger partial charge in [0.1, 0.15) is 11.6 Å². The maximum absolute atomic E-state index is 13.5. The van der Waals surface area contributed by atoms with Gasteiger partial charge in [-0.1, -0.05) is 0 Å². The molecule has 8 heteroatoms. The van der Waals surface area contributed by atoms with Crippen molar-refractivity contribution in [1.82, 2.24) is 9.97 Å². The average Bonchev–Trinajstić information content (AvgIpc) is 2.46. The summed E-state index contributed by atoms with van der Waals surface area (Å²) in [7, 11) is 2.82. The van der Waals surface area contributed by atoms with Crippen LogP contribution < -0.4 is 14.2 Å². The lowest BCUT2D eigenvalue weighted by Gasteiger charge is -2.08. The molecule has 0 aliphatic rings. The van der Waals surface area contributed by atoms with Crippen LogP contribution in [0.3, 0.4) is 0 Å². The molecule has 0 fully saturated rings. The molecule has 0 amide bonds. The van der Waals surface area contributed by atoms with Crippen molar-refractivity contribution < 1.29 is 28.5 Å². The molecule has 0 aliphatic heterocycles. The number of carboxylic acids is 1. The molecule has 0 saturated heterocycles. The van der Waals surface area contributed by atoms with Crippen LogP contribution >= 0.6 is 0 Å². The summed E-state index contributed by atoms with van der Waals surface area (Å²) in [4.78, 5) is 18.5. The molecule has 21 heavy (non-hydrogen) atoms. The Morgan fingerprint density at radius 3 is 2.24 bits per heavy atom. The highest BCUT2D eigenvalue weighted by Crippen LogP contribution is 2.25. The largest absolute Gasteiger partial charge is 0.481 e. The van der Waals surface area contributed by atoms with Gasteiger partial charge in [-0.25, -0.2) is 9.18 Å². The molecule has 0 atom stereocenters. The van der Waals surface area contributed by atoms with Crippen molar-refractivity contribution in [2.45, 2.75) is 0 Å². The normalized spacial score (nSPS) is 10.0. The summed E-state index contributed by atoms with van der Waals surface area (Å²) in [6, 6.07) is 4.64. The van der Waals surface area contributed by atoms with Gasteiger partial charge in [0.15, 0.2) is 0 Å². The van der Waals surface area contributed by atoms with E-state index in [2.05, 4.69) is 9.97 Å². The Morgan fingerprint density at radius 1 is 1.14 bits per heavy atom. The van der Waals surface area contributed by atoms with E-state index in [1.165, 1.54) is 26.4 Å². The molecule has 2 aromatic rings. The summed E-state index contributed by atoms with van der Waals surface area (Å²) in [6.45, 7) is 0. The van der Waals surface area contributed by atoms with Crippen LogP contribution in [0.4, 0.5) is 4.39 Å². The lowest BCUT2D eigenvalue weighted by molar-refractivity contribution is 0.0692. The zero-order valence-electron chi connectivity index (χ0n) is 11.2. The topological polar surface area (TPSA) is 90.8 Å². The molecule has 0 bridgehead atoms. The van der Waals surface area contributed by atoms with Crippen LogP contribution in [0, 0.1) is 5.82 Å². The molecule has 0 aliphatic carbocycles. The molecule has 1 heterocycles. The number of carboxylic acid groups (broad SMARTS) is 1. The zero-order valence-corrected chi connectivity index (χ0v) is 11.2. The van der Waals surface area contributed by atoms with Crippen molar-refractivity contribution in [2.24, 2.45) is 0 Å². The number of carbonyl (C=O) groups is 1. The molecule has 1 aromatic heterocycles. The number of hydrogen-bond donors (Lipinski definition) is 1. The minimum absolute atomic E-state index is 0.0489. The number of halogens is 1. The first-order valence-electron chi connectivity index (χ1n) is 5.71. The van der Waals surface area contributed by atoms with Crippen LogP contribution in [0.15, 0.2) is 24.3 Å². The van der Waals surface area contributed by atoms with Crippen molar-refractivity contribution in [3.05, 3.63) is 35.6 Å². The number of benzene rings is 1. The molecule has 0 spiro atoms. The number of ether oxygens (including phenoxy) is 3. The van der Waals surface area contributed by atoms with E-state index in [0.29, 0.717) is 0 Å². The van der Waals surface area contributed by atoms with Gasteiger partial charge in [-0.05, 0) is 12.1 Å². The number of nitrogens with zero attached hydrogens (tertiary/aromatic N) is 2. The SMILES string of the molecule is COc1cc(OC)nc(Oc2ccc(C(=O)O)c(F)c2)n1. The third-order valence-corrected chi connectivity index (χ3v) is 2.46. The van der Waals surface area contributed by atoms with E-state index in [-0.39, 0.29) is 23.5 Å². The van der Waals surface area contributed by atoms with Crippen LogP contribution in [0.25, 0.3) is 0 Å². The molecule has 110 valence electrons. The fourth-order valence-electron chi connectivity index (χ4n) is 1.48. The second kappa shape index (κ2) is 6.04. The molecule has 1 N–H and O–H groups in total. The molecule has 7 nitrogen and oxygen atoms in total. The first kappa shape index (κ1) is 14.5. The maximum atomic E-state index is 13.5. The van der Waals surface area contributed by atoms with Gasteiger partial charge in [0.05, 0.1) is 25.8 Å². The standard InChI is InChI=1S/C13H11FN2O5/c1-19-10-6-11(20-2)16-13(15-10)21-7-3-4-8(12(17)18)9(14)5-7/h3-6H,1-2H3,(H,17,18). The Morgan fingerprint density at radius 2 is 1.76 bits per heavy atom. The van der Waals surface area contributed by atoms with Gasteiger partial charge in [0, 0.05) is 6.07 Å². The molecule has 1 aromatic carbocycles. The van der Waals surface area contributed by atoms with E-state index in [0.717, 1.165) is 12.1 Å². The van der Waals surface area contributed by atoms with Crippen LogP contribution in [0.2, 0.25) is 0 Å². The van der Waals surface area contributed by atoms with Gasteiger partial charge < -0.3 is 19.3 Å². The van der Waals surface area contributed by atoms with Crippen LogP contribution in [0.5, 0.6) is 23.5 Å². The monoisotopic (exact) mass is 294 g/mol. The molecule has 0 saturated carbocycles. The van der Waals surface area contributed by atoms with Gasteiger partial charge in [-0.2, -0.15) is 9.97 Å². The van der Waals surface area contributed by atoms with Crippen molar-refractivity contribution in [2.75, 3.05) is 14.2 Å². The van der Waals surface area contributed by atoms with E-state index in [1.807, 2.05) is 0 Å².